The lowest BCUT2D eigenvalue weighted by Gasteiger charge is -2.09. The average Bonchev–Trinajstić information content (AvgIpc) is 3.22. The van der Waals surface area contributed by atoms with E-state index in [0.717, 1.165) is 11.4 Å². The SMILES string of the molecule is COc1cccc(C(=O)Nc2ccc(Nc3ccc(-n4ccc(C)n4)nn3)cc2)c1. The Kier molecular flexibility index (Phi) is 5.38. The van der Waals surface area contributed by atoms with Crippen molar-refractivity contribution in [3.8, 4) is 11.6 Å². The quantitative estimate of drug-likeness (QED) is 0.509. The highest BCUT2D eigenvalue weighted by Gasteiger charge is 2.07. The largest absolute Gasteiger partial charge is 0.497 e. The number of nitrogens with one attached hydrogen (secondary N) is 2. The highest BCUT2D eigenvalue weighted by molar-refractivity contribution is 6.04. The van der Waals surface area contributed by atoms with E-state index >= 15 is 0 Å². The summed E-state index contributed by atoms with van der Waals surface area (Å²) in [5.41, 5.74) is 2.95. The molecule has 8 nitrogen and oxygen atoms in total. The zero-order valence-corrected chi connectivity index (χ0v) is 16.5. The Hall–Kier alpha value is -4.20. The van der Waals surface area contributed by atoms with Crippen molar-refractivity contribution in [3.63, 3.8) is 0 Å². The maximum absolute atomic E-state index is 12.4. The fourth-order valence-electron chi connectivity index (χ4n) is 2.81. The van der Waals surface area contributed by atoms with Crippen LogP contribution in [0.25, 0.3) is 5.82 Å². The molecular formula is C22H20N6O2. The number of aromatic nitrogens is 4. The smallest absolute Gasteiger partial charge is 0.255 e. The van der Waals surface area contributed by atoms with Crippen molar-refractivity contribution in [2.75, 3.05) is 17.7 Å². The van der Waals surface area contributed by atoms with Crippen LogP contribution in [0.2, 0.25) is 0 Å². The third kappa shape index (κ3) is 4.44. The van der Waals surface area contributed by atoms with Crippen LogP contribution in [0, 0.1) is 6.92 Å². The van der Waals surface area contributed by atoms with E-state index in [-0.39, 0.29) is 5.91 Å². The number of ether oxygens (including phenoxy) is 1. The van der Waals surface area contributed by atoms with Gasteiger partial charge in [0.15, 0.2) is 11.6 Å². The van der Waals surface area contributed by atoms with E-state index in [2.05, 4.69) is 25.9 Å². The Labute approximate surface area is 173 Å². The van der Waals surface area contributed by atoms with E-state index in [1.807, 2.05) is 55.6 Å². The van der Waals surface area contributed by atoms with E-state index in [1.165, 1.54) is 0 Å². The molecule has 0 bridgehead atoms. The molecule has 2 aromatic heterocycles. The van der Waals surface area contributed by atoms with Crippen LogP contribution in [-0.4, -0.2) is 33.0 Å². The number of benzene rings is 2. The van der Waals surface area contributed by atoms with Crippen molar-refractivity contribution < 1.29 is 9.53 Å². The normalized spacial score (nSPS) is 10.5. The van der Waals surface area contributed by atoms with Crippen LogP contribution in [0.1, 0.15) is 16.1 Å². The van der Waals surface area contributed by atoms with Crippen LogP contribution in [0.15, 0.2) is 72.9 Å². The monoisotopic (exact) mass is 400 g/mol. The Morgan fingerprint density at radius 2 is 1.77 bits per heavy atom. The number of aryl methyl sites for hydroxylation is 1. The lowest BCUT2D eigenvalue weighted by Crippen LogP contribution is -2.11. The first kappa shape index (κ1) is 19.1. The van der Waals surface area contributed by atoms with Gasteiger partial charge in [-0.1, -0.05) is 6.07 Å². The molecule has 4 aromatic rings. The van der Waals surface area contributed by atoms with Gasteiger partial charge in [-0.05, 0) is 67.6 Å². The summed E-state index contributed by atoms with van der Waals surface area (Å²) in [6.07, 6.45) is 1.84. The van der Waals surface area contributed by atoms with Gasteiger partial charge in [-0.25, -0.2) is 4.68 Å². The number of hydrogen-bond acceptors (Lipinski definition) is 6. The van der Waals surface area contributed by atoms with Crippen molar-refractivity contribution in [2.45, 2.75) is 6.92 Å². The highest BCUT2D eigenvalue weighted by atomic mass is 16.5. The van der Waals surface area contributed by atoms with Gasteiger partial charge in [-0.15, -0.1) is 10.2 Å². The van der Waals surface area contributed by atoms with Gasteiger partial charge in [0.2, 0.25) is 0 Å². The predicted octanol–water partition coefficient (Wildman–Crippen LogP) is 3.98. The van der Waals surface area contributed by atoms with E-state index in [1.54, 1.807) is 36.1 Å². The Bertz CT molecular complexity index is 1150. The molecule has 0 radical (unpaired) electrons. The number of carbonyl (C=O) groups is 1. The Morgan fingerprint density at radius 1 is 0.967 bits per heavy atom. The summed E-state index contributed by atoms with van der Waals surface area (Å²) in [5.74, 6) is 1.68. The molecule has 0 atom stereocenters. The van der Waals surface area contributed by atoms with Crippen LogP contribution in [-0.2, 0) is 0 Å². The first-order valence-electron chi connectivity index (χ1n) is 9.29. The highest BCUT2D eigenvalue weighted by Crippen LogP contribution is 2.19. The van der Waals surface area contributed by atoms with E-state index in [0.29, 0.717) is 28.6 Å². The van der Waals surface area contributed by atoms with Crippen molar-refractivity contribution in [3.05, 3.63) is 84.2 Å². The molecule has 1 amide bonds. The minimum Gasteiger partial charge on any atom is -0.497 e. The van der Waals surface area contributed by atoms with E-state index in [4.69, 9.17) is 4.74 Å². The standard InChI is InChI=1S/C22H20N6O2/c1-15-12-13-28(27-15)21-11-10-20(25-26-21)23-17-6-8-18(9-7-17)24-22(29)16-4-3-5-19(14-16)30-2/h3-14H,1-2H3,(H,23,25)(H,24,29). The van der Waals surface area contributed by atoms with Crippen molar-refractivity contribution >= 4 is 23.1 Å². The number of methoxy groups -OCH3 is 1. The molecule has 0 saturated carbocycles. The summed E-state index contributed by atoms with van der Waals surface area (Å²) in [6.45, 7) is 1.92. The summed E-state index contributed by atoms with van der Waals surface area (Å²) in [4.78, 5) is 12.4. The van der Waals surface area contributed by atoms with Gasteiger partial charge in [0.05, 0.1) is 12.8 Å². The number of nitrogens with zero attached hydrogens (tertiary/aromatic N) is 4. The molecule has 0 aliphatic carbocycles. The predicted molar refractivity (Wildman–Crippen MR) is 115 cm³/mol. The van der Waals surface area contributed by atoms with E-state index < -0.39 is 0 Å². The summed E-state index contributed by atoms with van der Waals surface area (Å²) < 4.78 is 6.83. The molecule has 0 aliphatic heterocycles. The summed E-state index contributed by atoms with van der Waals surface area (Å²) in [5, 5.41) is 18.7. The third-order valence-corrected chi connectivity index (χ3v) is 4.35. The molecule has 2 heterocycles. The van der Waals surface area contributed by atoms with Gasteiger partial charge < -0.3 is 15.4 Å². The fourth-order valence-corrected chi connectivity index (χ4v) is 2.81. The second kappa shape index (κ2) is 8.44. The van der Waals surface area contributed by atoms with Crippen LogP contribution in [0.3, 0.4) is 0 Å². The summed E-state index contributed by atoms with van der Waals surface area (Å²) in [6, 6.07) is 19.9. The molecule has 0 fully saturated rings. The van der Waals surface area contributed by atoms with Crippen molar-refractivity contribution in [1.29, 1.82) is 0 Å². The Balaban J connectivity index is 1.39. The number of rotatable bonds is 6. The van der Waals surface area contributed by atoms with Crippen LogP contribution >= 0.6 is 0 Å². The lowest BCUT2D eigenvalue weighted by atomic mass is 10.2. The molecule has 30 heavy (non-hydrogen) atoms. The van der Waals surface area contributed by atoms with E-state index in [9.17, 15) is 4.79 Å². The Morgan fingerprint density at radius 3 is 2.43 bits per heavy atom. The first-order valence-corrected chi connectivity index (χ1v) is 9.29. The zero-order chi connectivity index (χ0) is 20.9. The number of amides is 1. The molecule has 2 N–H and O–H groups in total. The average molecular weight is 400 g/mol. The molecule has 0 unspecified atom stereocenters. The van der Waals surface area contributed by atoms with Gasteiger partial charge in [0, 0.05) is 23.1 Å². The van der Waals surface area contributed by atoms with Crippen LogP contribution in [0.4, 0.5) is 17.2 Å². The van der Waals surface area contributed by atoms with Crippen molar-refractivity contribution in [2.24, 2.45) is 0 Å². The minimum absolute atomic E-state index is 0.204. The second-order valence-electron chi connectivity index (χ2n) is 6.57. The second-order valence-corrected chi connectivity index (χ2v) is 6.57. The van der Waals surface area contributed by atoms with Crippen molar-refractivity contribution in [1.82, 2.24) is 20.0 Å². The molecule has 4 rings (SSSR count). The minimum atomic E-state index is -0.204. The molecule has 0 saturated heterocycles. The lowest BCUT2D eigenvalue weighted by molar-refractivity contribution is 0.102. The molecule has 0 aliphatic rings. The van der Waals surface area contributed by atoms with Gasteiger partial charge in [-0.2, -0.15) is 5.10 Å². The number of carbonyl (C=O) groups excluding carboxylic acids is 1. The molecule has 0 spiro atoms. The maximum Gasteiger partial charge on any atom is 0.255 e. The van der Waals surface area contributed by atoms with Gasteiger partial charge >= 0.3 is 0 Å². The van der Waals surface area contributed by atoms with Gasteiger partial charge in [-0.3, -0.25) is 4.79 Å². The van der Waals surface area contributed by atoms with Crippen LogP contribution in [0.5, 0.6) is 5.75 Å². The van der Waals surface area contributed by atoms with Crippen LogP contribution < -0.4 is 15.4 Å². The summed E-state index contributed by atoms with van der Waals surface area (Å²) in [7, 11) is 1.57. The number of anilines is 3. The topological polar surface area (TPSA) is 94.0 Å². The molecule has 8 heteroatoms. The van der Waals surface area contributed by atoms with Gasteiger partial charge in [0.1, 0.15) is 5.75 Å². The molecule has 150 valence electrons. The maximum atomic E-state index is 12.4. The first-order chi connectivity index (χ1) is 14.6. The zero-order valence-electron chi connectivity index (χ0n) is 16.5. The summed E-state index contributed by atoms with van der Waals surface area (Å²) >= 11 is 0. The molecule has 2 aromatic carbocycles. The van der Waals surface area contributed by atoms with Gasteiger partial charge in [0.25, 0.3) is 5.91 Å². The number of hydrogen-bond donors (Lipinski definition) is 2. The fraction of sp³-hybridized carbons (Fsp3) is 0.0909. The molecular weight excluding hydrogens is 380 g/mol. The third-order valence-electron chi connectivity index (χ3n) is 4.35.